The Morgan fingerprint density at radius 1 is 1.00 bits per heavy atom. The summed E-state index contributed by atoms with van der Waals surface area (Å²) in [7, 11) is 0. The molecule has 0 amide bonds. The lowest BCUT2D eigenvalue weighted by Gasteiger charge is -2.06. The van der Waals surface area contributed by atoms with Crippen LogP contribution in [0.3, 0.4) is 0 Å². The van der Waals surface area contributed by atoms with Gasteiger partial charge < -0.3 is 5.73 Å². The van der Waals surface area contributed by atoms with E-state index >= 15 is 0 Å². The van der Waals surface area contributed by atoms with Gasteiger partial charge in [0.05, 0.1) is 5.69 Å². The fourth-order valence-corrected chi connectivity index (χ4v) is 2.59. The molecule has 0 saturated heterocycles. The summed E-state index contributed by atoms with van der Waals surface area (Å²) in [6.07, 6.45) is 0. The van der Waals surface area contributed by atoms with Crippen molar-refractivity contribution in [2.45, 2.75) is 30.8 Å². The van der Waals surface area contributed by atoms with Crippen LogP contribution in [0.25, 0.3) is 0 Å². The summed E-state index contributed by atoms with van der Waals surface area (Å²) in [6, 6.07) is 7.89. The van der Waals surface area contributed by atoms with Gasteiger partial charge in [0, 0.05) is 11.4 Å². The Morgan fingerprint density at radius 2 is 1.76 bits per heavy atom. The van der Waals surface area contributed by atoms with Crippen molar-refractivity contribution in [2.75, 3.05) is 5.73 Å². The summed E-state index contributed by atoms with van der Waals surface area (Å²) in [6.45, 7) is 6.01. The third kappa shape index (κ3) is 2.97. The molecule has 2 aromatic rings. The lowest BCUT2D eigenvalue weighted by Crippen LogP contribution is -1.94. The van der Waals surface area contributed by atoms with Crippen LogP contribution >= 0.6 is 11.8 Å². The molecule has 0 saturated carbocycles. The van der Waals surface area contributed by atoms with E-state index in [0.717, 1.165) is 21.4 Å². The molecule has 0 aliphatic carbocycles. The Hall–Kier alpha value is -1.55. The molecule has 0 bridgehead atoms. The fourth-order valence-electron chi connectivity index (χ4n) is 1.58. The third-order valence-corrected chi connectivity index (χ3v) is 3.24. The zero-order valence-corrected chi connectivity index (χ0v) is 11.0. The van der Waals surface area contributed by atoms with Crippen molar-refractivity contribution in [3.05, 3.63) is 41.2 Å². The number of aryl methyl sites for hydroxylation is 3. The first-order valence-corrected chi connectivity index (χ1v) is 6.22. The average Bonchev–Trinajstić information content (AvgIpc) is 2.22. The van der Waals surface area contributed by atoms with E-state index in [9.17, 15) is 0 Å². The van der Waals surface area contributed by atoms with Crippen molar-refractivity contribution in [1.29, 1.82) is 0 Å². The zero-order valence-electron chi connectivity index (χ0n) is 10.2. The SMILES string of the molecule is Cc1cc(C)nc(Sc2nc(C)ccc2N)c1. The Bertz CT molecular complexity index is 532. The third-order valence-electron chi connectivity index (χ3n) is 2.30. The smallest absolute Gasteiger partial charge is 0.125 e. The summed E-state index contributed by atoms with van der Waals surface area (Å²) >= 11 is 1.51. The molecule has 2 aromatic heterocycles. The molecule has 2 rings (SSSR count). The van der Waals surface area contributed by atoms with Crippen LogP contribution in [-0.2, 0) is 0 Å². The van der Waals surface area contributed by atoms with E-state index in [2.05, 4.69) is 23.0 Å². The Morgan fingerprint density at radius 3 is 2.47 bits per heavy atom. The van der Waals surface area contributed by atoms with Crippen molar-refractivity contribution < 1.29 is 0 Å². The molecule has 0 unspecified atom stereocenters. The van der Waals surface area contributed by atoms with Gasteiger partial charge in [0.15, 0.2) is 0 Å². The molecule has 17 heavy (non-hydrogen) atoms. The molecule has 3 nitrogen and oxygen atoms in total. The molecule has 2 heterocycles. The number of nitrogens with two attached hydrogens (primary N) is 1. The first-order chi connectivity index (χ1) is 8.04. The standard InChI is InChI=1S/C13H15N3S/c1-8-6-10(3)15-12(7-8)17-13-11(14)5-4-9(2)16-13/h4-7H,14H2,1-3H3. The molecule has 88 valence electrons. The van der Waals surface area contributed by atoms with Gasteiger partial charge in [0.2, 0.25) is 0 Å². The summed E-state index contributed by atoms with van der Waals surface area (Å²) < 4.78 is 0. The molecule has 0 atom stereocenters. The molecule has 0 fully saturated rings. The van der Waals surface area contributed by atoms with E-state index in [0.29, 0.717) is 5.69 Å². The van der Waals surface area contributed by atoms with Crippen molar-refractivity contribution in [3.63, 3.8) is 0 Å². The lowest BCUT2D eigenvalue weighted by molar-refractivity contribution is 1.03. The maximum atomic E-state index is 5.90. The van der Waals surface area contributed by atoms with Gasteiger partial charge >= 0.3 is 0 Å². The van der Waals surface area contributed by atoms with Gasteiger partial charge in [-0.1, -0.05) is 0 Å². The highest BCUT2D eigenvalue weighted by Gasteiger charge is 2.06. The van der Waals surface area contributed by atoms with E-state index in [1.165, 1.54) is 17.3 Å². The van der Waals surface area contributed by atoms with Crippen molar-refractivity contribution in [3.8, 4) is 0 Å². The molecule has 0 spiro atoms. The minimum atomic E-state index is 0.696. The topological polar surface area (TPSA) is 51.8 Å². The van der Waals surface area contributed by atoms with Crippen LogP contribution in [0.5, 0.6) is 0 Å². The molecular weight excluding hydrogens is 230 g/mol. The van der Waals surface area contributed by atoms with Gasteiger partial charge in [0.25, 0.3) is 0 Å². The van der Waals surface area contributed by atoms with Crippen LogP contribution in [-0.4, -0.2) is 9.97 Å². The highest BCUT2D eigenvalue weighted by atomic mass is 32.2. The predicted octanol–water partition coefficient (Wildman–Crippen LogP) is 3.14. The summed E-state index contributed by atoms with van der Waals surface area (Å²) in [5.41, 5.74) is 9.78. The molecular formula is C13H15N3S. The first-order valence-electron chi connectivity index (χ1n) is 5.41. The minimum Gasteiger partial charge on any atom is -0.397 e. The van der Waals surface area contributed by atoms with Crippen LogP contribution in [0.4, 0.5) is 5.69 Å². The van der Waals surface area contributed by atoms with Crippen LogP contribution in [0.15, 0.2) is 34.3 Å². The Labute approximate surface area is 105 Å². The molecule has 4 heteroatoms. The number of rotatable bonds is 2. The predicted molar refractivity (Wildman–Crippen MR) is 71.2 cm³/mol. The first kappa shape index (κ1) is 11.9. The van der Waals surface area contributed by atoms with Crippen molar-refractivity contribution in [1.82, 2.24) is 9.97 Å². The van der Waals surface area contributed by atoms with Crippen LogP contribution < -0.4 is 5.73 Å². The maximum Gasteiger partial charge on any atom is 0.125 e. The van der Waals surface area contributed by atoms with Gasteiger partial charge in [-0.15, -0.1) is 0 Å². The average molecular weight is 245 g/mol. The maximum absolute atomic E-state index is 5.90. The summed E-state index contributed by atoms with van der Waals surface area (Å²) in [5.74, 6) is 0. The van der Waals surface area contributed by atoms with Crippen LogP contribution in [0.2, 0.25) is 0 Å². The van der Waals surface area contributed by atoms with Gasteiger partial charge in [-0.25, -0.2) is 9.97 Å². The van der Waals surface area contributed by atoms with Crippen LogP contribution in [0.1, 0.15) is 17.0 Å². The fraction of sp³-hybridized carbons (Fsp3) is 0.231. The number of nitrogens with zero attached hydrogens (tertiary/aromatic N) is 2. The van der Waals surface area contributed by atoms with Gasteiger partial charge in [-0.05, 0) is 62.4 Å². The zero-order chi connectivity index (χ0) is 12.4. The molecule has 2 N–H and O–H groups in total. The molecule has 0 aromatic carbocycles. The van der Waals surface area contributed by atoms with Crippen molar-refractivity contribution in [2.24, 2.45) is 0 Å². The molecule has 0 aliphatic heterocycles. The highest BCUT2D eigenvalue weighted by Crippen LogP contribution is 2.29. The van der Waals surface area contributed by atoms with E-state index < -0.39 is 0 Å². The lowest BCUT2D eigenvalue weighted by atomic mass is 10.3. The second-order valence-corrected chi connectivity index (χ2v) is 5.08. The Kier molecular flexibility index (Phi) is 3.33. The number of pyridine rings is 2. The van der Waals surface area contributed by atoms with Gasteiger partial charge in [-0.3, -0.25) is 0 Å². The monoisotopic (exact) mass is 245 g/mol. The van der Waals surface area contributed by atoms with Gasteiger partial charge in [-0.2, -0.15) is 0 Å². The summed E-state index contributed by atoms with van der Waals surface area (Å²) in [4.78, 5) is 8.89. The van der Waals surface area contributed by atoms with E-state index in [1.54, 1.807) is 0 Å². The summed E-state index contributed by atoms with van der Waals surface area (Å²) in [5, 5.41) is 1.76. The number of aromatic nitrogens is 2. The number of hydrogen-bond acceptors (Lipinski definition) is 4. The number of anilines is 1. The van der Waals surface area contributed by atoms with E-state index in [4.69, 9.17) is 5.73 Å². The minimum absolute atomic E-state index is 0.696. The molecule has 0 aliphatic rings. The number of hydrogen-bond donors (Lipinski definition) is 1. The van der Waals surface area contributed by atoms with Crippen LogP contribution in [0, 0.1) is 20.8 Å². The normalized spacial score (nSPS) is 10.5. The number of nitrogen functional groups attached to an aromatic ring is 1. The second kappa shape index (κ2) is 4.75. The molecule has 0 radical (unpaired) electrons. The van der Waals surface area contributed by atoms with Crippen molar-refractivity contribution >= 4 is 17.4 Å². The largest absolute Gasteiger partial charge is 0.397 e. The van der Waals surface area contributed by atoms with E-state index in [-0.39, 0.29) is 0 Å². The van der Waals surface area contributed by atoms with E-state index in [1.807, 2.05) is 32.0 Å². The van der Waals surface area contributed by atoms with Gasteiger partial charge in [0.1, 0.15) is 10.1 Å². The highest BCUT2D eigenvalue weighted by molar-refractivity contribution is 7.99. The second-order valence-electron chi connectivity index (χ2n) is 4.07. The Balaban J connectivity index is 2.34. The quantitative estimate of drug-likeness (QED) is 0.883.